The fourth-order valence-electron chi connectivity index (χ4n) is 4.61. The average Bonchev–Trinajstić information content (AvgIpc) is 3.46. The summed E-state index contributed by atoms with van der Waals surface area (Å²) >= 11 is 0. The van der Waals surface area contributed by atoms with Crippen molar-refractivity contribution in [1.82, 2.24) is 29.8 Å². The lowest BCUT2D eigenvalue weighted by molar-refractivity contribution is -0.118. The fourth-order valence-corrected chi connectivity index (χ4v) is 4.61. The average molecular weight is 452 g/mol. The summed E-state index contributed by atoms with van der Waals surface area (Å²) in [5.41, 5.74) is 3.71. The third kappa shape index (κ3) is 3.91. The quantitative estimate of drug-likeness (QED) is 0.654. The lowest BCUT2D eigenvalue weighted by Gasteiger charge is -2.34. The van der Waals surface area contributed by atoms with E-state index in [1.165, 1.54) is 4.90 Å². The highest BCUT2D eigenvalue weighted by Gasteiger charge is 2.28. The van der Waals surface area contributed by atoms with Crippen LogP contribution in [0.3, 0.4) is 0 Å². The molecule has 0 spiro atoms. The molecule has 4 heterocycles. The molecule has 10 heteroatoms. The number of amides is 2. The van der Waals surface area contributed by atoms with Crippen molar-refractivity contribution in [3.8, 4) is 11.3 Å². The molecule has 0 saturated carbocycles. The summed E-state index contributed by atoms with van der Waals surface area (Å²) in [6, 6.07) is 3.50. The number of aryl methyl sites for hydroxylation is 1. The van der Waals surface area contributed by atoms with Crippen LogP contribution in [0.2, 0.25) is 0 Å². The van der Waals surface area contributed by atoms with Crippen LogP contribution in [-0.4, -0.2) is 74.8 Å². The molecule has 0 aliphatic carbocycles. The molecule has 1 fully saturated rings. The Balaban J connectivity index is 1.29. The van der Waals surface area contributed by atoms with Crippen LogP contribution in [0.1, 0.15) is 27.9 Å². The maximum atomic E-state index is 15.4. The number of H-pyrrole nitrogens is 1. The highest BCUT2D eigenvalue weighted by molar-refractivity contribution is 5.96. The Kier molecular flexibility index (Phi) is 5.45. The van der Waals surface area contributed by atoms with Gasteiger partial charge in [-0.1, -0.05) is 0 Å². The first kappa shape index (κ1) is 21.3. The van der Waals surface area contributed by atoms with Gasteiger partial charge >= 0.3 is 0 Å². The molecule has 5 rings (SSSR count). The van der Waals surface area contributed by atoms with Crippen molar-refractivity contribution in [3.05, 3.63) is 53.2 Å². The molecule has 9 nitrogen and oxygen atoms in total. The number of nitrogens with zero attached hydrogens (tertiary/aromatic N) is 6. The highest BCUT2D eigenvalue weighted by Crippen LogP contribution is 2.35. The van der Waals surface area contributed by atoms with Gasteiger partial charge in [0, 0.05) is 88.0 Å². The number of aromatic amines is 1. The third-order valence-electron chi connectivity index (χ3n) is 6.52. The summed E-state index contributed by atoms with van der Waals surface area (Å²) in [5, 5.41) is 11.3. The molecule has 0 unspecified atom stereocenters. The summed E-state index contributed by atoms with van der Waals surface area (Å²) < 4.78 is 17.0. The van der Waals surface area contributed by atoms with Crippen molar-refractivity contribution in [1.29, 1.82) is 0 Å². The van der Waals surface area contributed by atoms with E-state index in [9.17, 15) is 9.59 Å². The van der Waals surface area contributed by atoms with Crippen LogP contribution in [0.25, 0.3) is 11.3 Å². The van der Waals surface area contributed by atoms with Gasteiger partial charge in [0.2, 0.25) is 5.91 Å². The van der Waals surface area contributed by atoms with Crippen molar-refractivity contribution in [2.24, 2.45) is 7.05 Å². The summed E-state index contributed by atoms with van der Waals surface area (Å²) in [6.07, 6.45) is 5.82. The standard InChI is InChI=1S/C23H26FN7O2/c1-28-13-16(12-26-28)23(33)31-9-7-30(8-10-31)14-15-11-25-27-22(15)18-3-5-19-17(21(18)24)4-6-20(32)29(19)2/h3,5,11-13H,4,6-10,14H2,1-2H3,(H,25,27). The zero-order chi connectivity index (χ0) is 23.1. The normalized spacial score (nSPS) is 16.9. The van der Waals surface area contributed by atoms with E-state index in [0.29, 0.717) is 60.5 Å². The first-order valence-corrected chi connectivity index (χ1v) is 11.0. The highest BCUT2D eigenvalue weighted by atomic mass is 19.1. The second kappa shape index (κ2) is 8.43. The van der Waals surface area contributed by atoms with Crippen LogP contribution in [-0.2, 0) is 24.8 Å². The fraction of sp³-hybridized carbons (Fsp3) is 0.391. The Morgan fingerprint density at radius 1 is 1.15 bits per heavy atom. The second-order valence-corrected chi connectivity index (χ2v) is 8.61. The van der Waals surface area contributed by atoms with Crippen LogP contribution in [0, 0.1) is 5.82 Å². The third-order valence-corrected chi connectivity index (χ3v) is 6.52. The smallest absolute Gasteiger partial charge is 0.257 e. The summed E-state index contributed by atoms with van der Waals surface area (Å²) in [6.45, 7) is 3.28. The van der Waals surface area contributed by atoms with Gasteiger partial charge in [-0.3, -0.25) is 24.3 Å². The monoisotopic (exact) mass is 451 g/mol. The Hall–Kier alpha value is -3.53. The van der Waals surface area contributed by atoms with Gasteiger partial charge in [-0.25, -0.2) is 4.39 Å². The van der Waals surface area contributed by atoms with E-state index in [1.54, 1.807) is 49.5 Å². The van der Waals surface area contributed by atoms with Gasteiger partial charge in [0.05, 0.1) is 17.5 Å². The maximum absolute atomic E-state index is 15.4. The minimum Gasteiger partial charge on any atom is -0.336 e. The Bertz CT molecular complexity index is 1210. The molecule has 2 aliphatic rings. The molecule has 0 bridgehead atoms. The maximum Gasteiger partial charge on any atom is 0.257 e. The van der Waals surface area contributed by atoms with Gasteiger partial charge in [0.1, 0.15) is 5.82 Å². The Labute approximate surface area is 190 Å². The molecule has 2 aromatic heterocycles. The number of hydrogen-bond donors (Lipinski definition) is 1. The number of hydrogen-bond acceptors (Lipinski definition) is 5. The number of nitrogens with one attached hydrogen (secondary N) is 1. The lowest BCUT2D eigenvalue weighted by atomic mass is 9.96. The van der Waals surface area contributed by atoms with E-state index in [1.807, 2.05) is 4.90 Å². The number of aromatic nitrogens is 4. The largest absolute Gasteiger partial charge is 0.336 e. The zero-order valence-electron chi connectivity index (χ0n) is 18.7. The summed E-state index contributed by atoms with van der Waals surface area (Å²) in [4.78, 5) is 30.2. The van der Waals surface area contributed by atoms with Crippen molar-refractivity contribution in [3.63, 3.8) is 0 Å². The molecule has 1 N–H and O–H groups in total. The number of carbonyl (C=O) groups excluding carboxylic acids is 2. The van der Waals surface area contributed by atoms with Gasteiger partial charge in [0.15, 0.2) is 0 Å². The Morgan fingerprint density at radius 2 is 1.94 bits per heavy atom. The van der Waals surface area contributed by atoms with Gasteiger partial charge < -0.3 is 9.80 Å². The topological polar surface area (TPSA) is 90.4 Å². The van der Waals surface area contributed by atoms with E-state index < -0.39 is 0 Å². The Morgan fingerprint density at radius 3 is 2.67 bits per heavy atom. The van der Waals surface area contributed by atoms with Crippen molar-refractivity contribution < 1.29 is 14.0 Å². The van der Waals surface area contributed by atoms with E-state index in [4.69, 9.17) is 0 Å². The van der Waals surface area contributed by atoms with Crippen molar-refractivity contribution >= 4 is 17.5 Å². The van der Waals surface area contributed by atoms with E-state index in [2.05, 4.69) is 20.2 Å². The molecule has 3 aromatic rings. The minimum absolute atomic E-state index is 0.00346. The predicted octanol–water partition coefficient (Wildman–Crippen LogP) is 1.82. The van der Waals surface area contributed by atoms with E-state index in [-0.39, 0.29) is 17.6 Å². The van der Waals surface area contributed by atoms with Crippen LogP contribution in [0.4, 0.5) is 10.1 Å². The SMILES string of the molecule is CN1C(=O)CCc2c1ccc(-c1n[nH]cc1CN1CCN(C(=O)c3cnn(C)c3)CC1)c2F. The molecule has 1 saturated heterocycles. The molecule has 2 aliphatic heterocycles. The van der Waals surface area contributed by atoms with E-state index >= 15 is 4.39 Å². The number of anilines is 1. The van der Waals surface area contributed by atoms with Crippen LogP contribution in [0.5, 0.6) is 0 Å². The number of rotatable bonds is 4. The van der Waals surface area contributed by atoms with Gasteiger partial charge in [-0.05, 0) is 18.6 Å². The molecular weight excluding hydrogens is 425 g/mol. The first-order valence-electron chi connectivity index (χ1n) is 11.0. The molecule has 172 valence electrons. The number of halogens is 1. The minimum atomic E-state index is -0.313. The van der Waals surface area contributed by atoms with Gasteiger partial charge in [-0.15, -0.1) is 0 Å². The molecule has 0 atom stereocenters. The van der Waals surface area contributed by atoms with Crippen LogP contribution in [0.15, 0.2) is 30.7 Å². The number of fused-ring (bicyclic) bond motifs is 1. The number of carbonyl (C=O) groups is 2. The molecule has 0 radical (unpaired) electrons. The second-order valence-electron chi connectivity index (χ2n) is 8.61. The first-order chi connectivity index (χ1) is 15.9. The van der Waals surface area contributed by atoms with Crippen LogP contribution >= 0.6 is 0 Å². The van der Waals surface area contributed by atoms with Crippen molar-refractivity contribution in [2.75, 3.05) is 38.1 Å². The summed E-state index contributed by atoms with van der Waals surface area (Å²) in [7, 11) is 3.47. The predicted molar refractivity (Wildman–Crippen MR) is 120 cm³/mol. The van der Waals surface area contributed by atoms with Crippen molar-refractivity contribution in [2.45, 2.75) is 19.4 Å². The molecular formula is C23H26FN7O2. The van der Waals surface area contributed by atoms with Crippen LogP contribution < -0.4 is 4.90 Å². The number of piperazine rings is 1. The lowest BCUT2D eigenvalue weighted by Crippen LogP contribution is -2.48. The zero-order valence-corrected chi connectivity index (χ0v) is 18.7. The summed E-state index contributed by atoms with van der Waals surface area (Å²) in [5.74, 6) is -0.324. The van der Waals surface area contributed by atoms with Gasteiger partial charge in [-0.2, -0.15) is 10.2 Å². The number of benzene rings is 1. The molecule has 33 heavy (non-hydrogen) atoms. The molecule has 1 aromatic carbocycles. The molecule has 2 amide bonds. The van der Waals surface area contributed by atoms with E-state index in [0.717, 1.165) is 18.7 Å². The van der Waals surface area contributed by atoms with Gasteiger partial charge in [0.25, 0.3) is 5.91 Å².